The quantitative estimate of drug-likeness (QED) is 0.662. The van der Waals surface area contributed by atoms with Crippen LogP contribution in [0.2, 0.25) is 0 Å². The van der Waals surface area contributed by atoms with Crippen LogP contribution < -0.4 is 0 Å². The van der Waals surface area contributed by atoms with Crippen LogP contribution in [-0.2, 0) is 9.53 Å². The highest BCUT2D eigenvalue weighted by atomic mass is 32.2. The molecule has 27 heavy (non-hydrogen) atoms. The van der Waals surface area contributed by atoms with Crippen LogP contribution in [0.3, 0.4) is 0 Å². The van der Waals surface area contributed by atoms with Gasteiger partial charge in [-0.25, -0.2) is 0 Å². The van der Waals surface area contributed by atoms with E-state index in [1.165, 1.54) is 32.1 Å². The molecule has 1 aromatic rings. The van der Waals surface area contributed by atoms with Crippen molar-refractivity contribution < 1.29 is 9.53 Å². The van der Waals surface area contributed by atoms with Crippen LogP contribution >= 0.6 is 11.8 Å². The van der Waals surface area contributed by atoms with Gasteiger partial charge in [0, 0.05) is 19.1 Å². The fourth-order valence-corrected chi connectivity index (χ4v) is 5.02. The van der Waals surface area contributed by atoms with Crippen LogP contribution in [0, 0.1) is 0 Å². The molecule has 1 aromatic heterocycles. The summed E-state index contributed by atoms with van der Waals surface area (Å²) in [6, 6.07) is 0.711. The Kier molecular flexibility index (Phi) is 7.55. The van der Waals surface area contributed by atoms with Crippen molar-refractivity contribution in [3.63, 3.8) is 0 Å². The Labute approximate surface area is 166 Å². The first-order chi connectivity index (χ1) is 13.1. The smallest absolute Gasteiger partial charge is 0.233 e. The molecule has 152 valence electrons. The maximum Gasteiger partial charge on any atom is 0.233 e. The number of hydrogen-bond acceptors (Lipinski definition) is 6. The first kappa shape index (κ1) is 20.6. The van der Waals surface area contributed by atoms with Gasteiger partial charge >= 0.3 is 0 Å². The van der Waals surface area contributed by atoms with Crippen LogP contribution in [0.15, 0.2) is 5.16 Å². The average Bonchev–Trinajstić information content (AvgIpc) is 3.11. The van der Waals surface area contributed by atoms with Crippen molar-refractivity contribution in [3.05, 3.63) is 5.82 Å². The molecule has 0 unspecified atom stereocenters. The predicted molar refractivity (Wildman–Crippen MR) is 107 cm³/mol. The first-order valence-electron chi connectivity index (χ1n) is 10.2. The van der Waals surface area contributed by atoms with Gasteiger partial charge in [0.05, 0.1) is 25.0 Å². The zero-order valence-corrected chi connectivity index (χ0v) is 17.7. The van der Waals surface area contributed by atoms with E-state index in [1.807, 2.05) is 4.90 Å². The van der Waals surface area contributed by atoms with E-state index in [-0.39, 0.29) is 11.9 Å². The van der Waals surface area contributed by atoms with Crippen molar-refractivity contribution in [3.8, 4) is 0 Å². The molecule has 3 rings (SSSR count). The van der Waals surface area contributed by atoms with Crippen molar-refractivity contribution in [2.45, 2.75) is 62.7 Å². The molecule has 0 N–H and O–H groups in total. The van der Waals surface area contributed by atoms with E-state index < -0.39 is 0 Å². The summed E-state index contributed by atoms with van der Waals surface area (Å²) < 4.78 is 7.70. The van der Waals surface area contributed by atoms with E-state index in [0.29, 0.717) is 38.1 Å². The Morgan fingerprint density at radius 3 is 2.56 bits per heavy atom. The maximum atomic E-state index is 12.5. The van der Waals surface area contributed by atoms with Crippen LogP contribution in [0.25, 0.3) is 0 Å². The molecule has 1 aliphatic carbocycles. The van der Waals surface area contributed by atoms with E-state index in [2.05, 4.69) is 40.7 Å². The molecule has 1 saturated carbocycles. The third-order valence-electron chi connectivity index (χ3n) is 5.63. The lowest BCUT2D eigenvalue weighted by molar-refractivity contribution is -0.132. The number of aromatic nitrogens is 3. The molecular formula is C19H33N5O2S. The van der Waals surface area contributed by atoms with Gasteiger partial charge in [0.2, 0.25) is 5.91 Å². The largest absolute Gasteiger partial charge is 0.378 e. The van der Waals surface area contributed by atoms with Crippen LogP contribution in [0.1, 0.15) is 63.4 Å². The van der Waals surface area contributed by atoms with Crippen LogP contribution in [0.4, 0.5) is 0 Å². The van der Waals surface area contributed by atoms with E-state index in [1.54, 1.807) is 11.8 Å². The first-order valence-corrected chi connectivity index (χ1v) is 11.2. The molecular weight excluding hydrogens is 362 g/mol. The summed E-state index contributed by atoms with van der Waals surface area (Å²) in [5.74, 6) is 1.64. The molecule has 2 fully saturated rings. The Hall–Kier alpha value is -1.12. The van der Waals surface area contributed by atoms with Gasteiger partial charge in [-0.15, -0.1) is 10.2 Å². The summed E-state index contributed by atoms with van der Waals surface area (Å²) in [4.78, 5) is 16.7. The topological polar surface area (TPSA) is 63.5 Å². The number of hydrogen-bond donors (Lipinski definition) is 0. The minimum absolute atomic E-state index is 0.169. The minimum atomic E-state index is 0.169. The normalized spacial score (nSPS) is 20.2. The highest BCUT2D eigenvalue weighted by Gasteiger charge is 2.28. The number of nitrogens with zero attached hydrogens (tertiary/aromatic N) is 5. The second kappa shape index (κ2) is 9.89. The fourth-order valence-electron chi connectivity index (χ4n) is 4.11. The third-order valence-corrected chi connectivity index (χ3v) is 6.56. The summed E-state index contributed by atoms with van der Waals surface area (Å²) in [5.41, 5.74) is 0. The summed E-state index contributed by atoms with van der Waals surface area (Å²) in [7, 11) is 4.20. The molecule has 0 bridgehead atoms. The third kappa shape index (κ3) is 5.03. The van der Waals surface area contributed by atoms with E-state index >= 15 is 0 Å². The Balaban J connectivity index is 1.76. The molecule has 0 radical (unpaired) electrons. The predicted octanol–water partition coefficient (Wildman–Crippen LogP) is 2.75. The van der Waals surface area contributed by atoms with Gasteiger partial charge in [-0.1, -0.05) is 37.9 Å². The van der Waals surface area contributed by atoms with Crippen molar-refractivity contribution >= 4 is 17.7 Å². The summed E-state index contributed by atoms with van der Waals surface area (Å²) in [6.45, 7) is 4.86. The molecule has 1 atom stereocenters. The van der Waals surface area contributed by atoms with Gasteiger partial charge in [-0.2, -0.15) is 0 Å². The number of carbonyl (C=O) groups is 1. The van der Waals surface area contributed by atoms with Gasteiger partial charge < -0.3 is 14.2 Å². The number of rotatable bonds is 7. The molecule has 1 amide bonds. The van der Waals surface area contributed by atoms with Gasteiger partial charge in [0.1, 0.15) is 0 Å². The minimum Gasteiger partial charge on any atom is -0.378 e. The zero-order chi connectivity index (χ0) is 19.2. The Morgan fingerprint density at radius 2 is 1.93 bits per heavy atom. The number of morpholine rings is 1. The van der Waals surface area contributed by atoms with Crippen LogP contribution in [-0.4, -0.2) is 76.6 Å². The van der Waals surface area contributed by atoms with Gasteiger partial charge in [-0.05, 0) is 33.4 Å². The van der Waals surface area contributed by atoms with Gasteiger partial charge in [-0.3, -0.25) is 9.69 Å². The molecule has 7 nitrogen and oxygen atoms in total. The summed E-state index contributed by atoms with van der Waals surface area (Å²) in [6.07, 6.45) is 7.20. The Bertz CT molecular complexity index is 609. The number of carbonyl (C=O) groups excluding carboxylic acids is 1. The number of thioether (sulfide) groups is 1. The molecule has 1 aliphatic heterocycles. The van der Waals surface area contributed by atoms with E-state index in [0.717, 1.165) is 17.4 Å². The van der Waals surface area contributed by atoms with Crippen molar-refractivity contribution in [2.24, 2.45) is 0 Å². The second-order valence-electron chi connectivity index (χ2n) is 7.67. The zero-order valence-electron chi connectivity index (χ0n) is 16.9. The monoisotopic (exact) mass is 395 g/mol. The molecule has 0 aromatic carbocycles. The lowest BCUT2D eigenvalue weighted by atomic mass is 9.95. The summed E-state index contributed by atoms with van der Waals surface area (Å²) in [5, 5.41) is 9.99. The molecule has 0 spiro atoms. The van der Waals surface area contributed by atoms with Gasteiger partial charge in [0.25, 0.3) is 0 Å². The molecule has 2 heterocycles. The van der Waals surface area contributed by atoms with E-state index in [4.69, 9.17) is 4.74 Å². The summed E-state index contributed by atoms with van der Waals surface area (Å²) >= 11 is 1.54. The molecule has 8 heteroatoms. The van der Waals surface area contributed by atoms with Crippen molar-refractivity contribution in [1.29, 1.82) is 0 Å². The highest BCUT2D eigenvalue weighted by molar-refractivity contribution is 7.99. The fraction of sp³-hybridized carbons (Fsp3) is 0.842. The maximum absolute atomic E-state index is 12.5. The number of amides is 1. The van der Waals surface area contributed by atoms with Crippen molar-refractivity contribution in [2.75, 3.05) is 46.2 Å². The number of ether oxygens (including phenoxy) is 1. The van der Waals surface area contributed by atoms with Crippen molar-refractivity contribution in [1.82, 2.24) is 24.6 Å². The van der Waals surface area contributed by atoms with Crippen LogP contribution in [0.5, 0.6) is 0 Å². The highest BCUT2D eigenvalue weighted by Crippen LogP contribution is 2.35. The Morgan fingerprint density at radius 1 is 1.22 bits per heavy atom. The van der Waals surface area contributed by atoms with Gasteiger partial charge in [0.15, 0.2) is 11.0 Å². The van der Waals surface area contributed by atoms with E-state index in [9.17, 15) is 4.79 Å². The standard InChI is InChI=1S/C19H33N5O2S/c1-4-16(22(2)3)18-20-21-19(24(18)15-8-6-5-7-9-15)27-14-17(25)23-10-12-26-13-11-23/h15-16H,4-14H2,1-3H3/t16-/m0/s1. The average molecular weight is 396 g/mol. The SMILES string of the molecule is CC[C@@H](c1nnc(SCC(=O)N2CCOCC2)n1C1CCCCC1)N(C)C. The molecule has 1 saturated heterocycles. The molecule has 2 aliphatic rings. The second-order valence-corrected chi connectivity index (χ2v) is 8.61. The lowest BCUT2D eigenvalue weighted by Crippen LogP contribution is -2.41. The lowest BCUT2D eigenvalue weighted by Gasteiger charge is -2.30.